The lowest BCUT2D eigenvalue weighted by atomic mass is 9.87. The van der Waals surface area contributed by atoms with Crippen molar-refractivity contribution in [2.75, 3.05) is 26.2 Å². The molecule has 1 aromatic heterocycles. The van der Waals surface area contributed by atoms with Gasteiger partial charge in [-0.05, 0) is 63.0 Å². The van der Waals surface area contributed by atoms with Gasteiger partial charge in [0.1, 0.15) is 0 Å². The maximum absolute atomic E-state index is 12.9. The maximum Gasteiger partial charge on any atom is 0.263 e. The zero-order valence-corrected chi connectivity index (χ0v) is 16.5. The van der Waals surface area contributed by atoms with E-state index in [0.29, 0.717) is 5.91 Å². The molecule has 0 radical (unpaired) electrons. The van der Waals surface area contributed by atoms with E-state index in [1.165, 1.54) is 29.7 Å². The second kappa shape index (κ2) is 8.12. The van der Waals surface area contributed by atoms with E-state index in [1.807, 2.05) is 4.90 Å². The Morgan fingerprint density at radius 1 is 0.885 bits per heavy atom. The molecule has 1 atom stereocenters. The number of fused-ring (bicyclic) bond motifs is 1. The fourth-order valence-electron chi connectivity index (χ4n) is 4.64. The molecular weight excluding hydrogens is 344 g/mol. The molecule has 142 valence electrons. The average Bonchev–Trinajstić information content (AvgIpc) is 2.92. The molecule has 26 heavy (non-hydrogen) atoms. The number of hydrogen-bond donors (Lipinski definition) is 0. The lowest BCUT2D eigenvalue weighted by molar-refractivity contribution is -0.136. The van der Waals surface area contributed by atoms with Crippen LogP contribution in [0.2, 0.25) is 0 Å². The quantitative estimate of drug-likeness (QED) is 0.788. The topological polar surface area (TPSA) is 40.6 Å². The van der Waals surface area contributed by atoms with Crippen molar-refractivity contribution in [1.82, 2.24) is 9.80 Å². The first-order valence-corrected chi connectivity index (χ1v) is 11.2. The normalized spacial score (nSPS) is 24.1. The molecule has 4 rings (SSSR count). The second-order valence-electron chi connectivity index (χ2n) is 8.09. The van der Waals surface area contributed by atoms with Crippen LogP contribution in [0.5, 0.6) is 0 Å². The first kappa shape index (κ1) is 18.0. The predicted octanol–water partition coefficient (Wildman–Crippen LogP) is 3.88. The van der Waals surface area contributed by atoms with E-state index in [0.717, 1.165) is 76.0 Å². The van der Waals surface area contributed by atoms with Gasteiger partial charge < -0.3 is 9.80 Å². The van der Waals surface area contributed by atoms with E-state index < -0.39 is 0 Å². The number of carbonyl (C=O) groups excluding carboxylic acids is 2. The van der Waals surface area contributed by atoms with Gasteiger partial charge in [0.05, 0.1) is 4.88 Å². The summed E-state index contributed by atoms with van der Waals surface area (Å²) in [5.41, 5.74) is 1.26. The summed E-state index contributed by atoms with van der Waals surface area (Å²) in [4.78, 5) is 32.1. The van der Waals surface area contributed by atoms with Gasteiger partial charge >= 0.3 is 0 Å². The minimum absolute atomic E-state index is 0.122. The number of likely N-dealkylation sites (tertiary alicyclic amines) is 2. The van der Waals surface area contributed by atoms with Crippen LogP contribution < -0.4 is 0 Å². The fourth-order valence-corrected chi connectivity index (χ4v) is 5.82. The Kier molecular flexibility index (Phi) is 5.63. The van der Waals surface area contributed by atoms with Crippen LogP contribution in [0.4, 0.5) is 0 Å². The van der Waals surface area contributed by atoms with Crippen LogP contribution in [0.25, 0.3) is 0 Å². The van der Waals surface area contributed by atoms with Gasteiger partial charge in [-0.2, -0.15) is 0 Å². The number of piperidine rings is 1. The lowest BCUT2D eigenvalue weighted by Gasteiger charge is -2.31. The van der Waals surface area contributed by atoms with Gasteiger partial charge in [0, 0.05) is 37.0 Å². The number of nitrogens with zero attached hydrogens (tertiary/aromatic N) is 2. The predicted molar refractivity (Wildman–Crippen MR) is 105 cm³/mol. The molecule has 5 heteroatoms. The minimum atomic E-state index is 0.122. The van der Waals surface area contributed by atoms with Gasteiger partial charge in [0.15, 0.2) is 0 Å². The highest BCUT2D eigenvalue weighted by Crippen LogP contribution is 2.34. The largest absolute Gasteiger partial charge is 0.342 e. The van der Waals surface area contributed by atoms with Crippen LogP contribution in [-0.4, -0.2) is 47.8 Å². The molecule has 4 nitrogen and oxygen atoms in total. The summed E-state index contributed by atoms with van der Waals surface area (Å²) < 4.78 is 0. The molecule has 0 bridgehead atoms. The van der Waals surface area contributed by atoms with Crippen LogP contribution >= 0.6 is 11.3 Å². The van der Waals surface area contributed by atoms with Gasteiger partial charge in [-0.1, -0.05) is 12.8 Å². The summed E-state index contributed by atoms with van der Waals surface area (Å²) in [5.74, 6) is 0.684. The Morgan fingerprint density at radius 2 is 1.50 bits per heavy atom. The molecule has 3 aliphatic rings. The van der Waals surface area contributed by atoms with Gasteiger partial charge in [0.2, 0.25) is 5.91 Å². The molecule has 2 fully saturated rings. The van der Waals surface area contributed by atoms with Crippen molar-refractivity contribution >= 4 is 23.2 Å². The second-order valence-corrected chi connectivity index (χ2v) is 9.23. The summed E-state index contributed by atoms with van der Waals surface area (Å²) >= 11 is 1.68. The van der Waals surface area contributed by atoms with Crippen LogP contribution in [0, 0.1) is 5.92 Å². The standard InChI is InChI=1S/C21H30N2O2S/c24-20(22-10-6-3-7-11-22)16-8-9-18-17(14-16)15-19(26-18)21(25)23-12-4-1-2-5-13-23/h15-16H,1-14H2. The molecule has 2 aliphatic heterocycles. The van der Waals surface area contributed by atoms with E-state index in [9.17, 15) is 9.59 Å². The number of aryl methyl sites for hydroxylation is 1. The van der Waals surface area contributed by atoms with Crippen molar-refractivity contribution in [1.29, 1.82) is 0 Å². The molecule has 1 unspecified atom stereocenters. The maximum atomic E-state index is 12.9. The Labute approximate surface area is 160 Å². The highest BCUT2D eigenvalue weighted by molar-refractivity contribution is 7.14. The fraction of sp³-hybridized carbons (Fsp3) is 0.714. The Balaban J connectivity index is 1.43. The lowest BCUT2D eigenvalue weighted by Crippen LogP contribution is -2.41. The SMILES string of the molecule is O=C(c1cc2c(s1)CCC(C(=O)N1CCCCC1)C2)N1CCCCCC1. The number of thiophene rings is 1. The summed E-state index contributed by atoms with van der Waals surface area (Å²) in [6, 6.07) is 2.10. The third kappa shape index (κ3) is 3.83. The molecule has 3 heterocycles. The first-order chi connectivity index (χ1) is 12.7. The zero-order valence-electron chi connectivity index (χ0n) is 15.7. The summed E-state index contributed by atoms with van der Waals surface area (Å²) in [6.45, 7) is 3.67. The monoisotopic (exact) mass is 374 g/mol. The molecular formula is C21H30N2O2S. The molecule has 0 N–H and O–H groups in total. The van der Waals surface area contributed by atoms with Crippen molar-refractivity contribution < 1.29 is 9.59 Å². The van der Waals surface area contributed by atoms with Gasteiger partial charge in [0.25, 0.3) is 5.91 Å². The third-order valence-electron chi connectivity index (χ3n) is 6.20. The van der Waals surface area contributed by atoms with E-state index in [2.05, 4.69) is 11.0 Å². The van der Waals surface area contributed by atoms with Crippen LogP contribution in [0.3, 0.4) is 0 Å². The van der Waals surface area contributed by atoms with E-state index >= 15 is 0 Å². The van der Waals surface area contributed by atoms with Crippen molar-refractivity contribution in [3.05, 3.63) is 21.4 Å². The molecule has 1 aromatic rings. The molecule has 0 saturated carbocycles. The number of hydrogen-bond acceptors (Lipinski definition) is 3. The first-order valence-electron chi connectivity index (χ1n) is 10.4. The van der Waals surface area contributed by atoms with Crippen LogP contribution in [-0.2, 0) is 17.6 Å². The van der Waals surface area contributed by atoms with Crippen LogP contribution in [0.1, 0.15) is 71.5 Å². The Hall–Kier alpha value is -1.36. The summed E-state index contributed by atoms with van der Waals surface area (Å²) in [6.07, 6.45) is 11.0. The van der Waals surface area contributed by atoms with Crippen molar-refractivity contribution in [2.24, 2.45) is 5.92 Å². The summed E-state index contributed by atoms with van der Waals surface area (Å²) in [7, 11) is 0. The molecule has 2 saturated heterocycles. The van der Waals surface area contributed by atoms with Crippen molar-refractivity contribution in [3.8, 4) is 0 Å². The molecule has 0 aromatic carbocycles. The Morgan fingerprint density at radius 3 is 2.19 bits per heavy atom. The van der Waals surface area contributed by atoms with Gasteiger partial charge in [-0.25, -0.2) is 0 Å². The Bertz CT molecular complexity index is 655. The van der Waals surface area contributed by atoms with Gasteiger partial charge in [-0.15, -0.1) is 11.3 Å². The highest BCUT2D eigenvalue weighted by atomic mass is 32.1. The molecule has 1 aliphatic carbocycles. The van der Waals surface area contributed by atoms with Crippen molar-refractivity contribution in [3.63, 3.8) is 0 Å². The van der Waals surface area contributed by atoms with E-state index in [1.54, 1.807) is 11.3 Å². The summed E-state index contributed by atoms with van der Waals surface area (Å²) in [5, 5.41) is 0. The smallest absolute Gasteiger partial charge is 0.263 e. The molecule has 0 spiro atoms. The third-order valence-corrected chi connectivity index (χ3v) is 7.43. The minimum Gasteiger partial charge on any atom is -0.342 e. The number of amides is 2. The van der Waals surface area contributed by atoms with Gasteiger partial charge in [-0.3, -0.25) is 9.59 Å². The van der Waals surface area contributed by atoms with Crippen LogP contribution in [0.15, 0.2) is 6.07 Å². The van der Waals surface area contributed by atoms with E-state index in [-0.39, 0.29) is 11.8 Å². The average molecular weight is 375 g/mol. The zero-order chi connectivity index (χ0) is 17.9. The molecule has 2 amide bonds. The number of carbonyl (C=O) groups is 2. The van der Waals surface area contributed by atoms with Crippen molar-refractivity contribution in [2.45, 2.75) is 64.2 Å². The van der Waals surface area contributed by atoms with E-state index in [4.69, 9.17) is 0 Å². The number of rotatable bonds is 2. The highest BCUT2D eigenvalue weighted by Gasteiger charge is 2.31.